The largest absolute Gasteiger partial charge is 0.394 e. The van der Waals surface area contributed by atoms with Crippen molar-refractivity contribution >= 4 is 17.5 Å². The number of amides is 1. The van der Waals surface area contributed by atoms with E-state index in [1.807, 2.05) is 0 Å². The molecular formula is C9H18ClNO2. The van der Waals surface area contributed by atoms with Crippen molar-refractivity contribution in [2.45, 2.75) is 32.7 Å². The number of nitrogens with one attached hydrogen (secondary N) is 1. The second-order valence-corrected chi connectivity index (χ2v) is 3.89. The molecule has 0 saturated heterocycles. The summed E-state index contributed by atoms with van der Waals surface area (Å²) in [5.41, 5.74) is 0. The predicted octanol–water partition coefficient (Wildman–Crippen LogP) is 1.14. The van der Waals surface area contributed by atoms with Crippen molar-refractivity contribution in [2.75, 3.05) is 12.5 Å². The van der Waals surface area contributed by atoms with Gasteiger partial charge in [-0.25, -0.2) is 0 Å². The minimum Gasteiger partial charge on any atom is -0.394 e. The van der Waals surface area contributed by atoms with Crippen LogP contribution in [0.4, 0.5) is 0 Å². The Balaban J connectivity index is 3.76. The van der Waals surface area contributed by atoms with Crippen molar-refractivity contribution in [1.29, 1.82) is 0 Å². The van der Waals surface area contributed by atoms with Crippen LogP contribution in [-0.4, -0.2) is 29.5 Å². The third-order valence-corrected chi connectivity index (χ3v) is 1.85. The van der Waals surface area contributed by atoms with Gasteiger partial charge in [0.2, 0.25) is 5.91 Å². The summed E-state index contributed by atoms with van der Waals surface area (Å²) in [5, 5.41) is 11.7. The quantitative estimate of drug-likeness (QED) is 0.642. The van der Waals surface area contributed by atoms with E-state index >= 15 is 0 Å². The summed E-state index contributed by atoms with van der Waals surface area (Å²) in [6.45, 7) is 4.10. The first-order valence-corrected chi connectivity index (χ1v) is 5.09. The van der Waals surface area contributed by atoms with Gasteiger partial charge in [-0.15, -0.1) is 11.6 Å². The van der Waals surface area contributed by atoms with Crippen molar-refractivity contribution in [2.24, 2.45) is 5.92 Å². The van der Waals surface area contributed by atoms with Crippen molar-refractivity contribution in [3.8, 4) is 0 Å². The monoisotopic (exact) mass is 207 g/mol. The van der Waals surface area contributed by atoms with E-state index < -0.39 is 0 Å². The lowest BCUT2D eigenvalue weighted by Gasteiger charge is -2.17. The first-order valence-electron chi connectivity index (χ1n) is 4.56. The molecule has 1 unspecified atom stereocenters. The first-order chi connectivity index (χ1) is 6.10. The molecule has 1 atom stereocenters. The van der Waals surface area contributed by atoms with Gasteiger partial charge in [0, 0.05) is 12.3 Å². The average molecular weight is 208 g/mol. The Morgan fingerprint density at radius 1 is 1.54 bits per heavy atom. The van der Waals surface area contributed by atoms with Crippen LogP contribution in [0.15, 0.2) is 0 Å². The van der Waals surface area contributed by atoms with Crippen molar-refractivity contribution in [3.63, 3.8) is 0 Å². The van der Waals surface area contributed by atoms with Gasteiger partial charge in [0.15, 0.2) is 0 Å². The fourth-order valence-electron chi connectivity index (χ4n) is 1.13. The normalized spacial score (nSPS) is 13.0. The van der Waals surface area contributed by atoms with Crippen molar-refractivity contribution in [3.05, 3.63) is 0 Å². The standard InChI is InChI=1S/C9H18ClNO2/c1-7(2)5-8(6-12)11-9(13)3-4-10/h7-8,12H,3-6H2,1-2H3,(H,11,13). The maximum Gasteiger partial charge on any atom is 0.221 e. The van der Waals surface area contributed by atoms with Gasteiger partial charge in [0.05, 0.1) is 12.6 Å². The molecule has 0 radical (unpaired) electrons. The number of aliphatic hydroxyl groups is 1. The second kappa shape index (κ2) is 7.15. The zero-order chi connectivity index (χ0) is 10.3. The number of carbonyl (C=O) groups excluding carboxylic acids is 1. The number of hydrogen-bond donors (Lipinski definition) is 2. The number of rotatable bonds is 6. The van der Waals surface area contributed by atoms with Gasteiger partial charge >= 0.3 is 0 Å². The first kappa shape index (κ1) is 12.7. The van der Waals surface area contributed by atoms with Crippen molar-refractivity contribution < 1.29 is 9.90 Å². The summed E-state index contributed by atoms with van der Waals surface area (Å²) in [6, 6.07) is -0.129. The highest BCUT2D eigenvalue weighted by Gasteiger charge is 2.11. The summed E-state index contributed by atoms with van der Waals surface area (Å²) < 4.78 is 0. The highest BCUT2D eigenvalue weighted by Crippen LogP contribution is 2.04. The number of aliphatic hydroxyl groups excluding tert-OH is 1. The Labute approximate surface area is 84.5 Å². The van der Waals surface area contributed by atoms with Crippen LogP contribution in [0.1, 0.15) is 26.7 Å². The summed E-state index contributed by atoms with van der Waals surface area (Å²) in [7, 11) is 0. The maximum atomic E-state index is 11.1. The van der Waals surface area contributed by atoms with Gasteiger partial charge in [-0.2, -0.15) is 0 Å². The van der Waals surface area contributed by atoms with E-state index in [2.05, 4.69) is 19.2 Å². The van der Waals surface area contributed by atoms with E-state index in [0.29, 0.717) is 18.2 Å². The number of halogens is 1. The predicted molar refractivity (Wildman–Crippen MR) is 53.8 cm³/mol. The number of alkyl halides is 1. The molecule has 0 spiro atoms. The van der Waals surface area contributed by atoms with Gasteiger partial charge in [0.1, 0.15) is 0 Å². The van der Waals surface area contributed by atoms with Crippen LogP contribution in [-0.2, 0) is 4.79 Å². The Kier molecular flexibility index (Phi) is 7.00. The van der Waals surface area contributed by atoms with Crippen molar-refractivity contribution in [1.82, 2.24) is 5.32 Å². The topological polar surface area (TPSA) is 49.3 Å². The molecule has 0 aromatic carbocycles. The minimum absolute atomic E-state index is 0.00773. The van der Waals surface area contributed by atoms with E-state index in [1.165, 1.54) is 0 Å². The third-order valence-electron chi connectivity index (χ3n) is 1.66. The lowest BCUT2D eigenvalue weighted by atomic mass is 10.0. The SMILES string of the molecule is CC(C)CC(CO)NC(=O)CCCl. The lowest BCUT2D eigenvalue weighted by molar-refractivity contribution is -0.121. The summed E-state index contributed by atoms with van der Waals surface area (Å²) in [6.07, 6.45) is 1.11. The summed E-state index contributed by atoms with van der Waals surface area (Å²) in [5.74, 6) is 0.703. The Hall–Kier alpha value is -0.280. The molecule has 0 aromatic rings. The van der Waals surface area contributed by atoms with Gasteiger partial charge in [0.25, 0.3) is 0 Å². The van der Waals surface area contributed by atoms with Crippen LogP contribution in [0.5, 0.6) is 0 Å². The van der Waals surface area contributed by atoms with E-state index in [9.17, 15) is 4.79 Å². The third kappa shape index (κ3) is 6.84. The van der Waals surface area contributed by atoms with Gasteiger partial charge < -0.3 is 10.4 Å². The fraction of sp³-hybridized carbons (Fsp3) is 0.889. The van der Waals surface area contributed by atoms with E-state index in [1.54, 1.807) is 0 Å². The van der Waals surface area contributed by atoms with Gasteiger partial charge in [-0.05, 0) is 12.3 Å². The minimum atomic E-state index is -0.129. The Morgan fingerprint density at radius 3 is 2.54 bits per heavy atom. The van der Waals surface area contributed by atoms with Crippen LogP contribution in [0.3, 0.4) is 0 Å². The molecule has 3 nitrogen and oxygen atoms in total. The molecule has 1 amide bonds. The van der Waals surface area contributed by atoms with Crippen LogP contribution in [0.25, 0.3) is 0 Å². The molecule has 78 valence electrons. The molecule has 0 fully saturated rings. The highest BCUT2D eigenvalue weighted by molar-refractivity contribution is 6.18. The van der Waals surface area contributed by atoms with Gasteiger partial charge in [-0.3, -0.25) is 4.79 Å². The number of carbonyl (C=O) groups is 1. The lowest BCUT2D eigenvalue weighted by Crippen LogP contribution is -2.38. The van der Waals surface area contributed by atoms with E-state index in [4.69, 9.17) is 16.7 Å². The van der Waals surface area contributed by atoms with Crippen LogP contribution in [0.2, 0.25) is 0 Å². The van der Waals surface area contributed by atoms with E-state index in [0.717, 1.165) is 6.42 Å². The maximum absolute atomic E-state index is 11.1. The van der Waals surface area contributed by atoms with Crippen LogP contribution in [0, 0.1) is 5.92 Å². The smallest absolute Gasteiger partial charge is 0.221 e. The molecule has 4 heteroatoms. The number of hydrogen-bond acceptors (Lipinski definition) is 2. The molecule has 0 aliphatic carbocycles. The Morgan fingerprint density at radius 2 is 2.15 bits per heavy atom. The second-order valence-electron chi connectivity index (χ2n) is 3.52. The molecule has 0 heterocycles. The highest BCUT2D eigenvalue weighted by atomic mass is 35.5. The van der Waals surface area contributed by atoms with Crippen LogP contribution >= 0.6 is 11.6 Å². The molecule has 13 heavy (non-hydrogen) atoms. The molecule has 2 N–H and O–H groups in total. The van der Waals surface area contributed by atoms with E-state index in [-0.39, 0.29) is 18.6 Å². The van der Waals surface area contributed by atoms with Crippen LogP contribution < -0.4 is 5.32 Å². The van der Waals surface area contributed by atoms with Gasteiger partial charge in [-0.1, -0.05) is 13.8 Å². The molecule has 0 saturated carbocycles. The molecular weight excluding hydrogens is 190 g/mol. The molecule has 0 bridgehead atoms. The average Bonchev–Trinajstić information content (AvgIpc) is 2.02. The molecule has 0 rings (SSSR count). The molecule has 0 aromatic heterocycles. The zero-order valence-corrected chi connectivity index (χ0v) is 8.97. The summed E-state index contributed by atoms with van der Waals surface area (Å²) >= 11 is 5.41. The summed E-state index contributed by atoms with van der Waals surface area (Å²) in [4.78, 5) is 11.1. The fourth-order valence-corrected chi connectivity index (χ4v) is 1.31. The zero-order valence-electron chi connectivity index (χ0n) is 8.22. The molecule has 0 aliphatic heterocycles. The molecule has 0 aliphatic rings. The Bertz CT molecular complexity index is 151.